The summed E-state index contributed by atoms with van der Waals surface area (Å²) in [5.74, 6) is 0.0276. The Hall–Kier alpha value is -1.40. The summed E-state index contributed by atoms with van der Waals surface area (Å²) in [6.45, 7) is 7.08. The van der Waals surface area contributed by atoms with Gasteiger partial charge in [-0.1, -0.05) is 6.92 Å². The largest absolute Gasteiger partial charge is 0.372 e. The van der Waals surface area contributed by atoms with Crippen LogP contribution in [-0.2, 0) is 17.7 Å². The summed E-state index contributed by atoms with van der Waals surface area (Å²) in [5, 5.41) is 10.6. The minimum Gasteiger partial charge on any atom is -0.372 e. The topological polar surface area (TPSA) is 70.2 Å². The molecule has 1 amide bonds. The number of nitrogens with zero attached hydrogens (tertiary/aromatic N) is 2. The highest BCUT2D eigenvalue weighted by Gasteiger charge is 2.31. The molecule has 0 aromatic carbocycles. The van der Waals surface area contributed by atoms with Crippen LogP contribution in [0.5, 0.6) is 0 Å². The van der Waals surface area contributed by atoms with E-state index in [-0.39, 0.29) is 18.1 Å². The van der Waals surface area contributed by atoms with Crippen LogP contribution < -0.4 is 5.32 Å². The first-order valence-electron chi connectivity index (χ1n) is 7.40. The number of carbonyl (C=O) groups excluding carboxylic acids is 1. The summed E-state index contributed by atoms with van der Waals surface area (Å²) in [7, 11) is 0. The lowest BCUT2D eigenvalue weighted by Crippen LogP contribution is -2.49. The molecule has 3 heterocycles. The Morgan fingerprint density at radius 2 is 2.35 bits per heavy atom. The average Bonchev–Trinajstić information content (AvgIpc) is 2.89. The van der Waals surface area contributed by atoms with E-state index < -0.39 is 0 Å². The van der Waals surface area contributed by atoms with Crippen molar-refractivity contribution in [3.8, 4) is 0 Å². The van der Waals surface area contributed by atoms with Crippen LogP contribution >= 0.6 is 0 Å². The molecule has 0 saturated carbocycles. The molecule has 2 aliphatic rings. The van der Waals surface area contributed by atoms with Gasteiger partial charge in [0, 0.05) is 43.9 Å². The highest BCUT2D eigenvalue weighted by Crippen LogP contribution is 2.20. The molecular weight excluding hydrogens is 256 g/mol. The molecule has 6 heteroatoms. The van der Waals surface area contributed by atoms with Crippen LogP contribution in [0.15, 0.2) is 0 Å². The molecule has 2 atom stereocenters. The predicted octanol–water partition coefficient (Wildman–Crippen LogP) is 0.695. The first-order valence-corrected chi connectivity index (χ1v) is 7.40. The third-order valence-corrected chi connectivity index (χ3v) is 4.08. The fourth-order valence-electron chi connectivity index (χ4n) is 2.99. The number of morpholine rings is 1. The van der Waals surface area contributed by atoms with Gasteiger partial charge in [0.25, 0.3) is 5.91 Å². The first-order chi connectivity index (χ1) is 9.69. The highest BCUT2D eigenvalue weighted by molar-refractivity contribution is 5.94. The number of amides is 1. The molecule has 20 heavy (non-hydrogen) atoms. The fourth-order valence-corrected chi connectivity index (χ4v) is 2.99. The van der Waals surface area contributed by atoms with Crippen molar-refractivity contribution in [2.24, 2.45) is 0 Å². The first kappa shape index (κ1) is 13.6. The molecule has 1 fully saturated rings. The molecule has 0 radical (unpaired) electrons. The molecule has 0 spiro atoms. The van der Waals surface area contributed by atoms with Gasteiger partial charge in [-0.2, -0.15) is 5.10 Å². The van der Waals surface area contributed by atoms with E-state index in [0.717, 1.165) is 37.2 Å². The summed E-state index contributed by atoms with van der Waals surface area (Å²) in [6.07, 6.45) is 2.06. The number of hydrogen-bond acceptors (Lipinski definition) is 4. The Labute approximate surface area is 118 Å². The Bertz CT molecular complexity index is 499. The van der Waals surface area contributed by atoms with Crippen molar-refractivity contribution in [1.29, 1.82) is 0 Å². The Balaban J connectivity index is 1.80. The van der Waals surface area contributed by atoms with Crippen molar-refractivity contribution >= 4 is 5.91 Å². The lowest BCUT2D eigenvalue weighted by atomic mass is 10.1. The summed E-state index contributed by atoms with van der Waals surface area (Å²) in [4.78, 5) is 14.6. The van der Waals surface area contributed by atoms with Crippen molar-refractivity contribution in [2.75, 3.05) is 19.6 Å². The van der Waals surface area contributed by atoms with Gasteiger partial charge in [-0.25, -0.2) is 0 Å². The molecule has 3 rings (SSSR count). The quantitative estimate of drug-likeness (QED) is 0.835. The summed E-state index contributed by atoms with van der Waals surface area (Å²) >= 11 is 0. The van der Waals surface area contributed by atoms with Gasteiger partial charge in [0.15, 0.2) is 5.69 Å². The molecule has 6 nitrogen and oxygen atoms in total. The smallest absolute Gasteiger partial charge is 0.274 e. The molecule has 1 aromatic heterocycles. The normalized spacial score (nSPS) is 26.4. The van der Waals surface area contributed by atoms with Gasteiger partial charge in [0.1, 0.15) is 0 Å². The second kappa shape index (κ2) is 5.54. The number of hydrogen-bond donors (Lipinski definition) is 2. The van der Waals surface area contributed by atoms with Gasteiger partial charge in [-0.15, -0.1) is 0 Å². The minimum atomic E-state index is 0.0276. The fraction of sp³-hybridized carbons (Fsp3) is 0.714. The monoisotopic (exact) mass is 278 g/mol. The van der Waals surface area contributed by atoms with E-state index in [1.54, 1.807) is 0 Å². The van der Waals surface area contributed by atoms with Crippen molar-refractivity contribution in [1.82, 2.24) is 20.4 Å². The number of ether oxygens (including phenoxy) is 1. The van der Waals surface area contributed by atoms with Gasteiger partial charge in [-0.05, 0) is 13.3 Å². The average molecular weight is 278 g/mol. The van der Waals surface area contributed by atoms with Crippen LogP contribution in [0.3, 0.4) is 0 Å². The van der Waals surface area contributed by atoms with Crippen LogP contribution in [0.25, 0.3) is 0 Å². The number of H-pyrrole nitrogens is 1. The van der Waals surface area contributed by atoms with E-state index in [0.29, 0.717) is 18.8 Å². The Morgan fingerprint density at radius 3 is 3.15 bits per heavy atom. The van der Waals surface area contributed by atoms with Gasteiger partial charge in [0.2, 0.25) is 0 Å². The summed E-state index contributed by atoms with van der Waals surface area (Å²) in [6, 6.07) is 0. The van der Waals surface area contributed by atoms with E-state index >= 15 is 0 Å². The number of fused-ring (bicyclic) bond motifs is 1. The van der Waals surface area contributed by atoms with Crippen molar-refractivity contribution in [3.63, 3.8) is 0 Å². The van der Waals surface area contributed by atoms with E-state index in [1.165, 1.54) is 0 Å². The van der Waals surface area contributed by atoms with E-state index in [1.807, 2.05) is 11.8 Å². The molecular formula is C14H22N4O2. The van der Waals surface area contributed by atoms with Crippen LogP contribution in [0, 0.1) is 0 Å². The number of aromatic amines is 1. The molecule has 2 aliphatic heterocycles. The second-order valence-corrected chi connectivity index (χ2v) is 5.64. The maximum atomic E-state index is 12.7. The number of carbonyl (C=O) groups is 1. The maximum absolute atomic E-state index is 12.7. The number of aromatic nitrogens is 2. The van der Waals surface area contributed by atoms with Gasteiger partial charge < -0.3 is 15.0 Å². The lowest BCUT2D eigenvalue weighted by Gasteiger charge is -2.36. The second-order valence-electron chi connectivity index (χ2n) is 5.64. The van der Waals surface area contributed by atoms with Gasteiger partial charge >= 0.3 is 0 Å². The maximum Gasteiger partial charge on any atom is 0.274 e. The standard InChI is InChI=1S/C14H22N4O2/c1-3-10-8-18(7-9(2)20-10)14(19)13-11-6-15-5-4-12(11)16-17-13/h9-10,15H,3-8H2,1-2H3,(H,16,17). The Kier molecular flexibility index (Phi) is 3.76. The molecule has 1 saturated heterocycles. The third kappa shape index (κ3) is 2.45. The SMILES string of the molecule is CCC1CN(C(=O)c2n[nH]c3c2CNCC3)CC(C)O1. The molecule has 2 unspecified atom stereocenters. The zero-order chi connectivity index (χ0) is 14.1. The zero-order valence-electron chi connectivity index (χ0n) is 12.1. The molecule has 2 N–H and O–H groups in total. The van der Waals surface area contributed by atoms with Crippen molar-refractivity contribution < 1.29 is 9.53 Å². The summed E-state index contributed by atoms with van der Waals surface area (Å²) < 4.78 is 5.81. The van der Waals surface area contributed by atoms with Crippen LogP contribution in [0.2, 0.25) is 0 Å². The van der Waals surface area contributed by atoms with Crippen molar-refractivity contribution in [3.05, 3.63) is 17.0 Å². The highest BCUT2D eigenvalue weighted by atomic mass is 16.5. The van der Waals surface area contributed by atoms with E-state index in [4.69, 9.17) is 4.74 Å². The van der Waals surface area contributed by atoms with Crippen molar-refractivity contribution in [2.45, 2.75) is 45.4 Å². The van der Waals surface area contributed by atoms with Crippen LogP contribution in [0.1, 0.15) is 42.0 Å². The third-order valence-electron chi connectivity index (χ3n) is 4.08. The predicted molar refractivity (Wildman–Crippen MR) is 74.5 cm³/mol. The molecule has 110 valence electrons. The minimum absolute atomic E-state index is 0.0276. The lowest BCUT2D eigenvalue weighted by molar-refractivity contribution is -0.0682. The van der Waals surface area contributed by atoms with Crippen LogP contribution in [-0.4, -0.2) is 52.8 Å². The van der Waals surface area contributed by atoms with E-state index in [9.17, 15) is 4.79 Å². The van der Waals surface area contributed by atoms with Gasteiger partial charge in [0.05, 0.1) is 12.2 Å². The zero-order valence-corrected chi connectivity index (χ0v) is 12.1. The summed E-state index contributed by atoms with van der Waals surface area (Å²) in [5.41, 5.74) is 2.71. The molecule has 0 bridgehead atoms. The number of rotatable bonds is 2. The van der Waals surface area contributed by atoms with Gasteiger partial charge in [-0.3, -0.25) is 9.89 Å². The molecule has 1 aromatic rings. The number of nitrogens with one attached hydrogen (secondary N) is 2. The van der Waals surface area contributed by atoms with E-state index in [2.05, 4.69) is 22.4 Å². The van der Waals surface area contributed by atoms with Crippen LogP contribution in [0.4, 0.5) is 0 Å². The molecule has 0 aliphatic carbocycles. The Morgan fingerprint density at radius 1 is 1.50 bits per heavy atom.